The van der Waals surface area contributed by atoms with Crippen molar-refractivity contribution in [2.45, 2.75) is 6.54 Å². The minimum atomic E-state index is -0.136. The highest BCUT2D eigenvalue weighted by molar-refractivity contribution is 5.86. The van der Waals surface area contributed by atoms with E-state index in [9.17, 15) is 4.79 Å². The summed E-state index contributed by atoms with van der Waals surface area (Å²) in [5.74, 6) is 0. The van der Waals surface area contributed by atoms with E-state index >= 15 is 0 Å². The van der Waals surface area contributed by atoms with E-state index in [1.807, 2.05) is 36.5 Å². The van der Waals surface area contributed by atoms with Gasteiger partial charge >= 0.3 is 0 Å². The van der Waals surface area contributed by atoms with Crippen LogP contribution in [-0.2, 0) is 6.54 Å². The van der Waals surface area contributed by atoms with Crippen LogP contribution in [-0.4, -0.2) is 19.5 Å². The topological polar surface area (TPSA) is 60.7 Å². The monoisotopic (exact) mass is 364 g/mol. The number of aromatic nitrogens is 4. The standard InChI is InChI=1S/C23H16N4O/c28-22-14-26-23-21(5-2-9-25-23)27(22)15-16-3-1-4-18(11-16)19-7-6-17-8-10-24-13-20(17)12-19/h1-14H,15H2. The summed E-state index contributed by atoms with van der Waals surface area (Å²) in [6.07, 6.45) is 6.68. The number of nitrogens with zero attached hydrogens (tertiary/aromatic N) is 4. The molecule has 5 rings (SSSR count). The van der Waals surface area contributed by atoms with Gasteiger partial charge in [-0.3, -0.25) is 14.3 Å². The third-order valence-electron chi connectivity index (χ3n) is 4.86. The minimum absolute atomic E-state index is 0.136. The highest BCUT2D eigenvalue weighted by Gasteiger charge is 2.07. The molecule has 3 aromatic heterocycles. The van der Waals surface area contributed by atoms with Crippen molar-refractivity contribution in [3.8, 4) is 11.1 Å². The van der Waals surface area contributed by atoms with Crippen LogP contribution in [0.3, 0.4) is 0 Å². The van der Waals surface area contributed by atoms with Crippen molar-refractivity contribution in [1.82, 2.24) is 19.5 Å². The Bertz CT molecular complexity index is 1370. The molecule has 0 fully saturated rings. The summed E-state index contributed by atoms with van der Waals surface area (Å²) < 4.78 is 1.71. The molecule has 0 saturated carbocycles. The number of hydrogen-bond donors (Lipinski definition) is 0. The lowest BCUT2D eigenvalue weighted by Gasteiger charge is -2.11. The van der Waals surface area contributed by atoms with E-state index in [1.165, 1.54) is 6.20 Å². The average Bonchev–Trinajstić information content (AvgIpc) is 2.76. The first-order chi connectivity index (χ1) is 13.8. The van der Waals surface area contributed by atoms with Gasteiger partial charge in [0.25, 0.3) is 5.56 Å². The molecule has 5 heteroatoms. The molecule has 0 amide bonds. The SMILES string of the molecule is O=c1cnc2ncccc2n1Cc1cccc(-c2ccc3ccncc3c2)c1. The lowest BCUT2D eigenvalue weighted by molar-refractivity contribution is 0.784. The highest BCUT2D eigenvalue weighted by Crippen LogP contribution is 2.25. The molecule has 3 heterocycles. The van der Waals surface area contributed by atoms with Crippen LogP contribution in [0.4, 0.5) is 0 Å². The lowest BCUT2D eigenvalue weighted by Crippen LogP contribution is -2.21. The third-order valence-corrected chi connectivity index (χ3v) is 4.86. The summed E-state index contributed by atoms with van der Waals surface area (Å²) in [4.78, 5) is 25.0. The molecular formula is C23H16N4O. The van der Waals surface area contributed by atoms with Gasteiger partial charge in [0.15, 0.2) is 5.65 Å². The van der Waals surface area contributed by atoms with Crippen LogP contribution >= 0.6 is 0 Å². The molecule has 134 valence electrons. The van der Waals surface area contributed by atoms with Gasteiger partial charge in [0.05, 0.1) is 18.3 Å². The smallest absolute Gasteiger partial charge is 0.269 e. The molecule has 0 aliphatic carbocycles. The Labute approximate surface area is 161 Å². The van der Waals surface area contributed by atoms with Crippen LogP contribution in [0, 0.1) is 0 Å². The van der Waals surface area contributed by atoms with E-state index in [4.69, 9.17) is 0 Å². The highest BCUT2D eigenvalue weighted by atomic mass is 16.1. The van der Waals surface area contributed by atoms with E-state index in [-0.39, 0.29) is 5.56 Å². The molecule has 0 aliphatic rings. The largest absolute Gasteiger partial charge is 0.300 e. The molecule has 2 aromatic carbocycles. The number of fused-ring (bicyclic) bond motifs is 2. The molecule has 0 spiro atoms. The van der Waals surface area contributed by atoms with Gasteiger partial charge in [-0.1, -0.05) is 30.3 Å². The van der Waals surface area contributed by atoms with Gasteiger partial charge in [-0.2, -0.15) is 0 Å². The zero-order valence-corrected chi connectivity index (χ0v) is 15.0. The van der Waals surface area contributed by atoms with Gasteiger partial charge in [-0.05, 0) is 52.4 Å². The van der Waals surface area contributed by atoms with Crippen LogP contribution in [0.15, 0.2) is 90.2 Å². The maximum atomic E-state index is 12.4. The Hall–Kier alpha value is -3.86. The van der Waals surface area contributed by atoms with E-state index in [2.05, 4.69) is 45.3 Å². The Morgan fingerprint density at radius 3 is 2.68 bits per heavy atom. The average molecular weight is 364 g/mol. The zero-order chi connectivity index (χ0) is 18.9. The molecule has 28 heavy (non-hydrogen) atoms. The van der Waals surface area contributed by atoms with Crippen LogP contribution in [0.25, 0.3) is 33.1 Å². The van der Waals surface area contributed by atoms with Gasteiger partial charge < -0.3 is 0 Å². The van der Waals surface area contributed by atoms with Crippen molar-refractivity contribution in [3.05, 3.63) is 101 Å². The summed E-state index contributed by atoms with van der Waals surface area (Å²) in [7, 11) is 0. The van der Waals surface area contributed by atoms with Gasteiger partial charge in [0.1, 0.15) is 0 Å². The molecule has 0 unspecified atom stereocenters. The summed E-state index contributed by atoms with van der Waals surface area (Å²) in [6, 6.07) is 20.3. The second-order valence-corrected chi connectivity index (χ2v) is 6.67. The molecule has 0 N–H and O–H groups in total. The van der Waals surface area contributed by atoms with E-state index < -0.39 is 0 Å². The Kier molecular flexibility index (Phi) is 3.91. The Balaban J connectivity index is 1.56. The van der Waals surface area contributed by atoms with Gasteiger partial charge in [0.2, 0.25) is 0 Å². The van der Waals surface area contributed by atoms with Crippen LogP contribution in [0.1, 0.15) is 5.56 Å². The summed E-state index contributed by atoms with van der Waals surface area (Å²) in [5.41, 5.74) is 4.44. The fourth-order valence-electron chi connectivity index (χ4n) is 3.46. The van der Waals surface area contributed by atoms with E-state index in [0.717, 1.165) is 33.0 Å². The van der Waals surface area contributed by atoms with Crippen LogP contribution in [0.5, 0.6) is 0 Å². The maximum Gasteiger partial charge on any atom is 0.269 e. The van der Waals surface area contributed by atoms with Crippen LogP contribution in [0.2, 0.25) is 0 Å². The molecule has 0 radical (unpaired) electrons. The van der Waals surface area contributed by atoms with Crippen molar-refractivity contribution < 1.29 is 0 Å². The third kappa shape index (κ3) is 2.93. The molecule has 0 atom stereocenters. The van der Waals surface area contributed by atoms with Crippen molar-refractivity contribution in [2.75, 3.05) is 0 Å². The molecular weight excluding hydrogens is 348 g/mol. The van der Waals surface area contributed by atoms with Gasteiger partial charge in [-0.15, -0.1) is 0 Å². The molecule has 5 aromatic rings. The van der Waals surface area contributed by atoms with Crippen molar-refractivity contribution in [3.63, 3.8) is 0 Å². The predicted octanol–water partition coefficient (Wildman–Crippen LogP) is 4.06. The number of pyridine rings is 2. The molecule has 0 bridgehead atoms. The first-order valence-corrected chi connectivity index (χ1v) is 9.02. The lowest BCUT2D eigenvalue weighted by atomic mass is 10.0. The second kappa shape index (κ2) is 6.70. The number of benzene rings is 2. The van der Waals surface area contributed by atoms with Crippen molar-refractivity contribution >= 4 is 21.9 Å². The quantitative estimate of drug-likeness (QED) is 0.484. The van der Waals surface area contributed by atoms with Crippen molar-refractivity contribution in [2.24, 2.45) is 0 Å². The summed E-state index contributed by atoms with van der Waals surface area (Å²) >= 11 is 0. The molecule has 0 saturated heterocycles. The van der Waals surface area contributed by atoms with Gasteiger partial charge in [-0.25, -0.2) is 9.97 Å². The number of rotatable bonds is 3. The van der Waals surface area contributed by atoms with E-state index in [0.29, 0.717) is 12.2 Å². The summed E-state index contributed by atoms with van der Waals surface area (Å²) in [6.45, 7) is 0.465. The first-order valence-electron chi connectivity index (χ1n) is 9.02. The Morgan fingerprint density at radius 2 is 1.71 bits per heavy atom. The molecule has 5 nitrogen and oxygen atoms in total. The minimum Gasteiger partial charge on any atom is -0.300 e. The molecule has 0 aliphatic heterocycles. The van der Waals surface area contributed by atoms with Crippen molar-refractivity contribution in [1.29, 1.82) is 0 Å². The summed E-state index contributed by atoms with van der Waals surface area (Å²) in [5, 5.41) is 2.27. The fraction of sp³-hybridized carbons (Fsp3) is 0.0435. The Morgan fingerprint density at radius 1 is 0.786 bits per heavy atom. The van der Waals surface area contributed by atoms with Gasteiger partial charge in [0, 0.05) is 24.0 Å². The van der Waals surface area contributed by atoms with Crippen LogP contribution < -0.4 is 5.56 Å². The maximum absolute atomic E-state index is 12.4. The van der Waals surface area contributed by atoms with E-state index in [1.54, 1.807) is 17.0 Å². The predicted molar refractivity (Wildman–Crippen MR) is 110 cm³/mol. The zero-order valence-electron chi connectivity index (χ0n) is 15.0. The normalized spacial score (nSPS) is 11.1. The second-order valence-electron chi connectivity index (χ2n) is 6.67. The fourth-order valence-corrected chi connectivity index (χ4v) is 3.46. The first kappa shape index (κ1) is 16.3. The number of hydrogen-bond acceptors (Lipinski definition) is 4.